The van der Waals surface area contributed by atoms with Crippen molar-refractivity contribution < 1.29 is 4.74 Å². The highest BCUT2D eigenvalue weighted by atomic mass is 127. The monoisotopic (exact) mass is 466 g/mol. The lowest BCUT2D eigenvalue weighted by atomic mass is 9.98. The third-order valence-electron chi connectivity index (χ3n) is 4.08. The van der Waals surface area contributed by atoms with Gasteiger partial charge in [-0.2, -0.15) is 0 Å². The average Bonchev–Trinajstić information content (AvgIpc) is 2.99. The summed E-state index contributed by atoms with van der Waals surface area (Å²) in [6.45, 7) is 4.62. The summed E-state index contributed by atoms with van der Waals surface area (Å²) in [5, 5.41) is 9.92. The van der Waals surface area contributed by atoms with Gasteiger partial charge in [-0.15, -0.1) is 35.3 Å². The molecule has 0 unspecified atom stereocenters. The van der Waals surface area contributed by atoms with Crippen molar-refractivity contribution in [1.82, 2.24) is 15.6 Å². The Bertz CT molecular complexity index is 475. The maximum absolute atomic E-state index is 5.93. The average molecular weight is 466 g/mol. The highest BCUT2D eigenvalue weighted by Crippen LogP contribution is 2.20. The molecule has 0 bridgehead atoms. The minimum absolute atomic E-state index is 0. The van der Waals surface area contributed by atoms with Crippen LogP contribution in [0, 0.1) is 6.92 Å². The summed E-state index contributed by atoms with van der Waals surface area (Å²) in [5.41, 5.74) is 1.15. The van der Waals surface area contributed by atoms with Crippen molar-refractivity contribution in [2.24, 2.45) is 4.99 Å². The molecular formula is C17H31IN4OS. The summed E-state index contributed by atoms with van der Waals surface area (Å²) in [7, 11) is 1.81. The van der Waals surface area contributed by atoms with Crippen molar-refractivity contribution in [2.45, 2.75) is 58.0 Å². The van der Waals surface area contributed by atoms with E-state index in [1.54, 1.807) is 18.4 Å². The molecule has 2 N–H and O–H groups in total. The highest BCUT2D eigenvalue weighted by molar-refractivity contribution is 14.0. The number of hydrogen-bond acceptors (Lipinski definition) is 4. The van der Waals surface area contributed by atoms with E-state index in [4.69, 9.17) is 4.74 Å². The molecule has 0 aromatic carbocycles. The van der Waals surface area contributed by atoms with Gasteiger partial charge < -0.3 is 15.4 Å². The fourth-order valence-corrected chi connectivity index (χ4v) is 3.46. The predicted molar refractivity (Wildman–Crippen MR) is 113 cm³/mol. The minimum Gasteiger partial charge on any atom is -0.378 e. The van der Waals surface area contributed by atoms with E-state index in [-0.39, 0.29) is 24.0 Å². The topological polar surface area (TPSA) is 58.5 Å². The molecule has 0 amide bonds. The molecule has 0 saturated heterocycles. The number of guanidine groups is 1. The van der Waals surface area contributed by atoms with E-state index < -0.39 is 0 Å². The molecule has 1 aliphatic rings. The molecule has 1 aromatic heterocycles. The molecular weight excluding hydrogens is 435 g/mol. The first kappa shape index (κ1) is 21.6. The lowest BCUT2D eigenvalue weighted by molar-refractivity contribution is 0.0277. The van der Waals surface area contributed by atoms with Crippen molar-refractivity contribution in [3.63, 3.8) is 0 Å². The zero-order chi connectivity index (χ0) is 16.3. The van der Waals surface area contributed by atoms with Crippen molar-refractivity contribution in [2.75, 3.05) is 26.7 Å². The zero-order valence-electron chi connectivity index (χ0n) is 14.8. The van der Waals surface area contributed by atoms with Gasteiger partial charge in [-0.3, -0.25) is 4.99 Å². The second-order valence-corrected chi connectivity index (χ2v) is 7.08. The number of thiazole rings is 1. The largest absolute Gasteiger partial charge is 0.378 e. The summed E-state index contributed by atoms with van der Waals surface area (Å²) in [4.78, 5) is 8.71. The standard InChI is InChI=1S/C17H30N4OS.HI/c1-14-21-15(13-23-14)9-11-20-17(18-2)19-10-6-12-22-16-7-4-3-5-8-16;/h13,16H,3-12H2,1-2H3,(H2,18,19,20);1H. The Balaban J connectivity index is 0.00000288. The summed E-state index contributed by atoms with van der Waals surface area (Å²) in [6.07, 6.45) is 8.97. The second-order valence-electron chi connectivity index (χ2n) is 6.02. The van der Waals surface area contributed by atoms with Crippen LogP contribution in [0.3, 0.4) is 0 Å². The molecule has 0 radical (unpaired) electrons. The van der Waals surface area contributed by atoms with Crippen molar-refractivity contribution in [3.8, 4) is 0 Å². The molecule has 1 aromatic rings. The van der Waals surface area contributed by atoms with Gasteiger partial charge in [0.1, 0.15) is 0 Å². The van der Waals surface area contributed by atoms with Gasteiger partial charge in [0.25, 0.3) is 0 Å². The third-order valence-corrected chi connectivity index (χ3v) is 4.91. The minimum atomic E-state index is 0. The first-order chi connectivity index (χ1) is 11.3. The van der Waals surface area contributed by atoms with Gasteiger partial charge in [0.2, 0.25) is 0 Å². The van der Waals surface area contributed by atoms with Crippen LogP contribution in [0.25, 0.3) is 0 Å². The molecule has 5 nitrogen and oxygen atoms in total. The van der Waals surface area contributed by atoms with E-state index in [1.807, 2.05) is 6.92 Å². The summed E-state index contributed by atoms with van der Waals surface area (Å²) in [5.74, 6) is 0.856. The number of nitrogens with zero attached hydrogens (tertiary/aromatic N) is 2. The molecule has 0 spiro atoms. The number of hydrogen-bond donors (Lipinski definition) is 2. The Hall–Kier alpha value is -0.410. The van der Waals surface area contributed by atoms with Gasteiger partial charge in [0, 0.05) is 38.5 Å². The van der Waals surface area contributed by atoms with E-state index >= 15 is 0 Å². The van der Waals surface area contributed by atoms with Gasteiger partial charge in [0.15, 0.2) is 5.96 Å². The van der Waals surface area contributed by atoms with Gasteiger partial charge >= 0.3 is 0 Å². The Labute approximate surface area is 167 Å². The molecule has 138 valence electrons. The van der Waals surface area contributed by atoms with Crippen molar-refractivity contribution in [3.05, 3.63) is 16.1 Å². The fourth-order valence-electron chi connectivity index (χ4n) is 2.81. The SMILES string of the molecule is CN=C(NCCCOC1CCCCC1)NCCc1csc(C)n1.I. The number of aryl methyl sites for hydroxylation is 1. The Morgan fingerprint density at radius 2 is 2.04 bits per heavy atom. The van der Waals surface area contributed by atoms with Crippen LogP contribution in [-0.4, -0.2) is 43.8 Å². The summed E-state index contributed by atoms with van der Waals surface area (Å²) in [6, 6.07) is 0. The first-order valence-electron chi connectivity index (χ1n) is 8.75. The van der Waals surface area contributed by atoms with Gasteiger partial charge in [0.05, 0.1) is 16.8 Å². The molecule has 1 fully saturated rings. The Kier molecular flexibility index (Phi) is 11.6. The Morgan fingerprint density at radius 3 is 2.71 bits per heavy atom. The molecule has 0 aliphatic heterocycles. The first-order valence-corrected chi connectivity index (χ1v) is 9.63. The number of halogens is 1. The quantitative estimate of drug-likeness (QED) is 0.267. The van der Waals surface area contributed by atoms with Crippen LogP contribution >= 0.6 is 35.3 Å². The maximum atomic E-state index is 5.93. The van der Waals surface area contributed by atoms with Crippen LogP contribution in [0.1, 0.15) is 49.2 Å². The third kappa shape index (κ3) is 8.62. The number of ether oxygens (including phenoxy) is 1. The number of rotatable bonds is 8. The zero-order valence-corrected chi connectivity index (χ0v) is 18.0. The van der Waals surface area contributed by atoms with Gasteiger partial charge in [-0.1, -0.05) is 19.3 Å². The van der Waals surface area contributed by atoms with Crippen molar-refractivity contribution in [1.29, 1.82) is 0 Å². The van der Waals surface area contributed by atoms with Crippen molar-refractivity contribution >= 4 is 41.3 Å². The Morgan fingerprint density at radius 1 is 1.29 bits per heavy atom. The van der Waals surface area contributed by atoms with Crippen LogP contribution in [0.4, 0.5) is 0 Å². The number of aliphatic imine (C=N–C) groups is 1. The molecule has 2 rings (SSSR count). The van der Waals surface area contributed by atoms with Crippen LogP contribution < -0.4 is 10.6 Å². The lowest BCUT2D eigenvalue weighted by Crippen LogP contribution is -2.39. The van der Waals surface area contributed by atoms with E-state index in [1.165, 1.54) is 32.1 Å². The van der Waals surface area contributed by atoms with Crippen LogP contribution in [0.2, 0.25) is 0 Å². The van der Waals surface area contributed by atoms with Crippen LogP contribution in [0.5, 0.6) is 0 Å². The maximum Gasteiger partial charge on any atom is 0.190 e. The molecule has 1 saturated carbocycles. The van der Waals surface area contributed by atoms with Crippen LogP contribution in [-0.2, 0) is 11.2 Å². The summed E-state index contributed by atoms with van der Waals surface area (Å²) >= 11 is 1.70. The second kappa shape index (κ2) is 12.9. The number of aromatic nitrogens is 1. The predicted octanol–water partition coefficient (Wildman–Crippen LogP) is 3.52. The van der Waals surface area contributed by atoms with Crippen LogP contribution in [0.15, 0.2) is 10.4 Å². The fraction of sp³-hybridized carbons (Fsp3) is 0.765. The summed E-state index contributed by atoms with van der Waals surface area (Å²) < 4.78 is 5.93. The van der Waals surface area contributed by atoms with E-state index in [9.17, 15) is 0 Å². The molecule has 7 heteroatoms. The number of nitrogens with one attached hydrogen (secondary N) is 2. The molecule has 0 atom stereocenters. The van der Waals surface area contributed by atoms with E-state index in [0.29, 0.717) is 6.10 Å². The highest BCUT2D eigenvalue weighted by Gasteiger charge is 2.12. The lowest BCUT2D eigenvalue weighted by Gasteiger charge is -2.22. The van der Waals surface area contributed by atoms with Gasteiger partial charge in [-0.25, -0.2) is 4.98 Å². The molecule has 1 heterocycles. The smallest absolute Gasteiger partial charge is 0.190 e. The molecule has 24 heavy (non-hydrogen) atoms. The van der Waals surface area contributed by atoms with E-state index in [0.717, 1.165) is 49.2 Å². The van der Waals surface area contributed by atoms with Gasteiger partial charge in [-0.05, 0) is 26.2 Å². The van der Waals surface area contributed by atoms with E-state index in [2.05, 4.69) is 26.0 Å². The molecule has 1 aliphatic carbocycles. The normalized spacial score (nSPS) is 15.8.